The third kappa shape index (κ3) is 4.89. The predicted octanol–water partition coefficient (Wildman–Crippen LogP) is 1.80. The third-order valence-electron chi connectivity index (χ3n) is 2.79. The summed E-state index contributed by atoms with van der Waals surface area (Å²) in [7, 11) is 2.19. The van der Waals surface area contributed by atoms with Gasteiger partial charge in [0.05, 0.1) is 0 Å². The van der Waals surface area contributed by atoms with E-state index in [0.717, 1.165) is 6.54 Å². The molecule has 2 nitrogen and oxygen atoms in total. The van der Waals surface area contributed by atoms with Gasteiger partial charge in [-0.25, -0.2) is 0 Å². The van der Waals surface area contributed by atoms with Gasteiger partial charge < -0.3 is 5.73 Å². The molecule has 0 aromatic carbocycles. The van der Waals surface area contributed by atoms with Crippen molar-refractivity contribution in [2.45, 2.75) is 38.8 Å². The second-order valence-corrected chi connectivity index (χ2v) is 4.58. The highest BCUT2D eigenvalue weighted by atomic mass is 32.2. The first-order valence-corrected chi connectivity index (χ1v) is 6.47. The first-order valence-electron chi connectivity index (χ1n) is 5.08. The molecule has 2 unspecified atom stereocenters. The molecule has 0 saturated carbocycles. The molecule has 0 saturated heterocycles. The van der Waals surface area contributed by atoms with Gasteiger partial charge in [-0.2, -0.15) is 11.8 Å². The predicted molar refractivity (Wildman–Crippen MR) is 63.4 cm³/mol. The maximum atomic E-state index is 5.76. The van der Waals surface area contributed by atoms with Crippen molar-refractivity contribution in [3.05, 3.63) is 0 Å². The van der Waals surface area contributed by atoms with Crippen LogP contribution in [0.2, 0.25) is 0 Å². The van der Waals surface area contributed by atoms with Crippen LogP contribution in [0.5, 0.6) is 0 Å². The smallest absolute Gasteiger partial charge is 0.0226 e. The summed E-state index contributed by atoms with van der Waals surface area (Å²) in [6.07, 6.45) is 4.56. The average Bonchev–Trinajstić information content (AvgIpc) is 2.17. The number of hydrogen-bond donors (Lipinski definition) is 1. The van der Waals surface area contributed by atoms with Crippen LogP contribution in [0, 0.1) is 0 Å². The highest BCUT2D eigenvalue weighted by molar-refractivity contribution is 7.98. The summed E-state index contributed by atoms with van der Waals surface area (Å²) >= 11 is 1.90. The van der Waals surface area contributed by atoms with Crippen molar-refractivity contribution < 1.29 is 0 Å². The summed E-state index contributed by atoms with van der Waals surface area (Å²) < 4.78 is 0. The maximum Gasteiger partial charge on any atom is 0.0226 e. The van der Waals surface area contributed by atoms with E-state index in [0.29, 0.717) is 12.1 Å². The molecule has 0 aliphatic carbocycles. The van der Waals surface area contributed by atoms with Crippen LogP contribution >= 0.6 is 11.8 Å². The lowest BCUT2D eigenvalue weighted by Gasteiger charge is -2.31. The summed E-state index contributed by atoms with van der Waals surface area (Å²) in [5.41, 5.74) is 5.76. The Hall–Kier alpha value is 0.270. The van der Waals surface area contributed by atoms with E-state index >= 15 is 0 Å². The Labute approximate surface area is 87.2 Å². The molecule has 3 heteroatoms. The number of likely N-dealkylation sites (N-methyl/N-ethyl adjacent to an activating group) is 1. The van der Waals surface area contributed by atoms with Gasteiger partial charge in [0.25, 0.3) is 0 Å². The number of nitrogens with zero attached hydrogens (tertiary/aromatic N) is 1. The van der Waals surface area contributed by atoms with Gasteiger partial charge in [-0.3, -0.25) is 4.90 Å². The Balaban J connectivity index is 3.90. The van der Waals surface area contributed by atoms with Crippen molar-refractivity contribution in [3.63, 3.8) is 0 Å². The van der Waals surface area contributed by atoms with Gasteiger partial charge in [0.15, 0.2) is 0 Å². The fraction of sp³-hybridized carbons (Fsp3) is 1.00. The standard InChI is InChI=1S/C10H24N2S/c1-5-9(2)12(3)10(8-11)6-7-13-4/h9-10H,5-8,11H2,1-4H3. The van der Waals surface area contributed by atoms with Crippen molar-refractivity contribution in [1.29, 1.82) is 0 Å². The van der Waals surface area contributed by atoms with E-state index < -0.39 is 0 Å². The molecule has 0 fully saturated rings. The van der Waals surface area contributed by atoms with E-state index in [-0.39, 0.29) is 0 Å². The lowest BCUT2D eigenvalue weighted by atomic mass is 10.1. The van der Waals surface area contributed by atoms with Crippen molar-refractivity contribution in [3.8, 4) is 0 Å². The van der Waals surface area contributed by atoms with Crippen LogP contribution in [0.1, 0.15) is 26.7 Å². The third-order valence-corrected chi connectivity index (χ3v) is 3.43. The van der Waals surface area contributed by atoms with E-state index in [1.807, 2.05) is 11.8 Å². The average molecular weight is 204 g/mol. The van der Waals surface area contributed by atoms with Crippen LogP contribution in [0.3, 0.4) is 0 Å². The zero-order valence-electron chi connectivity index (χ0n) is 9.42. The summed E-state index contributed by atoms with van der Waals surface area (Å²) in [6.45, 7) is 5.27. The van der Waals surface area contributed by atoms with Crippen molar-refractivity contribution in [1.82, 2.24) is 4.90 Å². The molecule has 0 aromatic rings. The molecule has 0 bridgehead atoms. The molecule has 2 atom stereocenters. The van der Waals surface area contributed by atoms with Gasteiger partial charge in [0.2, 0.25) is 0 Å². The molecule has 0 aromatic heterocycles. The Morgan fingerprint density at radius 1 is 1.46 bits per heavy atom. The molecule has 0 aliphatic rings. The van der Waals surface area contributed by atoms with E-state index in [9.17, 15) is 0 Å². The first-order chi connectivity index (χ1) is 6.17. The fourth-order valence-corrected chi connectivity index (χ4v) is 1.90. The van der Waals surface area contributed by atoms with Crippen LogP contribution in [0.4, 0.5) is 0 Å². The van der Waals surface area contributed by atoms with Gasteiger partial charge >= 0.3 is 0 Å². The van der Waals surface area contributed by atoms with Gasteiger partial charge in [-0.05, 0) is 38.8 Å². The van der Waals surface area contributed by atoms with Crippen LogP contribution in [0.15, 0.2) is 0 Å². The summed E-state index contributed by atoms with van der Waals surface area (Å²) in [6, 6.07) is 1.21. The molecular formula is C10H24N2S. The maximum absolute atomic E-state index is 5.76. The molecule has 13 heavy (non-hydrogen) atoms. The van der Waals surface area contributed by atoms with Crippen LogP contribution in [-0.4, -0.2) is 42.6 Å². The highest BCUT2D eigenvalue weighted by Crippen LogP contribution is 2.10. The van der Waals surface area contributed by atoms with Gasteiger partial charge in [-0.15, -0.1) is 0 Å². The number of nitrogens with two attached hydrogens (primary N) is 1. The van der Waals surface area contributed by atoms with E-state index in [4.69, 9.17) is 5.73 Å². The topological polar surface area (TPSA) is 29.3 Å². The van der Waals surface area contributed by atoms with Crippen LogP contribution in [0.25, 0.3) is 0 Å². The highest BCUT2D eigenvalue weighted by Gasteiger charge is 2.16. The first kappa shape index (κ1) is 13.3. The Kier molecular flexibility index (Phi) is 7.81. The fourth-order valence-electron chi connectivity index (χ4n) is 1.39. The number of rotatable bonds is 7. The monoisotopic (exact) mass is 204 g/mol. The van der Waals surface area contributed by atoms with E-state index in [1.54, 1.807) is 0 Å². The van der Waals surface area contributed by atoms with Gasteiger partial charge in [0, 0.05) is 18.6 Å². The zero-order chi connectivity index (χ0) is 10.3. The second kappa shape index (κ2) is 7.65. The zero-order valence-corrected chi connectivity index (χ0v) is 10.2. The second-order valence-electron chi connectivity index (χ2n) is 3.59. The quantitative estimate of drug-likeness (QED) is 0.685. The van der Waals surface area contributed by atoms with Crippen molar-refractivity contribution in [2.24, 2.45) is 5.73 Å². The summed E-state index contributed by atoms with van der Waals surface area (Å²) in [4.78, 5) is 2.41. The molecule has 80 valence electrons. The molecule has 0 radical (unpaired) electrons. The number of thioether (sulfide) groups is 1. The van der Waals surface area contributed by atoms with E-state index in [1.165, 1.54) is 18.6 Å². The minimum Gasteiger partial charge on any atom is -0.329 e. The lowest BCUT2D eigenvalue weighted by molar-refractivity contribution is 0.180. The van der Waals surface area contributed by atoms with Gasteiger partial charge in [-0.1, -0.05) is 6.92 Å². The summed E-state index contributed by atoms with van der Waals surface area (Å²) in [5.74, 6) is 1.21. The Bertz CT molecular complexity index is 119. The normalized spacial score (nSPS) is 16.2. The van der Waals surface area contributed by atoms with Crippen molar-refractivity contribution in [2.75, 3.05) is 25.6 Å². The van der Waals surface area contributed by atoms with Gasteiger partial charge in [0.1, 0.15) is 0 Å². The summed E-state index contributed by atoms with van der Waals surface area (Å²) in [5, 5.41) is 0. The molecule has 0 rings (SSSR count). The lowest BCUT2D eigenvalue weighted by Crippen LogP contribution is -2.43. The molecular weight excluding hydrogens is 180 g/mol. The molecule has 0 spiro atoms. The molecule has 0 aliphatic heterocycles. The van der Waals surface area contributed by atoms with Crippen LogP contribution in [-0.2, 0) is 0 Å². The minimum atomic E-state index is 0.558. The molecule has 0 amide bonds. The SMILES string of the molecule is CCC(C)N(C)C(CN)CCSC. The Morgan fingerprint density at radius 2 is 2.08 bits per heavy atom. The molecule has 2 N–H and O–H groups in total. The van der Waals surface area contributed by atoms with Crippen LogP contribution < -0.4 is 5.73 Å². The van der Waals surface area contributed by atoms with Crippen molar-refractivity contribution >= 4 is 11.8 Å². The van der Waals surface area contributed by atoms with E-state index in [2.05, 4.69) is 32.1 Å². The largest absolute Gasteiger partial charge is 0.329 e. The minimum absolute atomic E-state index is 0.558. The Morgan fingerprint density at radius 3 is 2.46 bits per heavy atom. The molecule has 0 heterocycles. The number of hydrogen-bond acceptors (Lipinski definition) is 3.